The van der Waals surface area contributed by atoms with E-state index in [1.54, 1.807) is 6.08 Å². The topological polar surface area (TPSA) is 95.9 Å². The lowest BCUT2D eigenvalue weighted by Crippen LogP contribution is -2.45. The number of aliphatic hydroxyl groups excluding tert-OH is 2. The molecule has 1 amide bonds. The predicted molar refractivity (Wildman–Crippen MR) is 282 cm³/mol. The molecule has 0 rings (SSSR count). The quantitative estimate of drug-likeness (QED) is 0.0321. The van der Waals surface area contributed by atoms with Gasteiger partial charge in [0.05, 0.1) is 25.4 Å². The Morgan fingerprint density at radius 3 is 1.22 bits per heavy atom. The maximum Gasteiger partial charge on any atom is 0.305 e. The van der Waals surface area contributed by atoms with Gasteiger partial charge in [-0.05, 0) is 89.9 Å². The van der Waals surface area contributed by atoms with E-state index in [9.17, 15) is 19.8 Å². The summed E-state index contributed by atoms with van der Waals surface area (Å²) in [6, 6.07) is -0.632. The van der Waals surface area contributed by atoms with Crippen LogP contribution in [0.15, 0.2) is 48.6 Å². The SMILES string of the molecule is CCCCC/C=C\C/C=C\CCCCCCCCCC(=O)OCCCCCCCCCCCC/C=C\CCCCCCCCCC(=O)NC(CO)C(O)/C=C/CCCCCCCCCC. The number of hydrogen-bond acceptors (Lipinski definition) is 5. The van der Waals surface area contributed by atoms with Gasteiger partial charge in [-0.2, -0.15) is 0 Å². The molecule has 65 heavy (non-hydrogen) atoms. The van der Waals surface area contributed by atoms with Gasteiger partial charge in [-0.25, -0.2) is 0 Å². The number of carbonyl (C=O) groups is 2. The number of rotatable bonds is 52. The van der Waals surface area contributed by atoms with E-state index in [4.69, 9.17) is 4.74 Å². The van der Waals surface area contributed by atoms with Crippen molar-refractivity contribution in [1.29, 1.82) is 0 Å². The molecule has 0 aliphatic heterocycles. The van der Waals surface area contributed by atoms with E-state index < -0.39 is 12.1 Å². The van der Waals surface area contributed by atoms with Crippen molar-refractivity contribution in [2.75, 3.05) is 13.2 Å². The van der Waals surface area contributed by atoms with Gasteiger partial charge in [0.2, 0.25) is 5.91 Å². The molecular formula is C59H109NO5. The third-order valence-corrected chi connectivity index (χ3v) is 12.8. The van der Waals surface area contributed by atoms with Crippen molar-refractivity contribution in [3.8, 4) is 0 Å². The summed E-state index contributed by atoms with van der Waals surface area (Å²) >= 11 is 0. The first-order chi connectivity index (χ1) is 32.0. The molecule has 0 bridgehead atoms. The number of nitrogens with one attached hydrogen (secondary N) is 1. The van der Waals surface area contributed by atoms with Crippen molar-refractivity contribution in [3.05, 3.63) is 48.6 Å². The molecule has 0 saturated carbocycles. The van der Waals surface area contributed by atoms with Crippen molar-refractivity contribution < 1.29 is 24.5 Å². The first kappa shape index (κ1) is 62.8. The Morgan fingerprint density at radius 1 is 0.431 bits per heavy atom. The Hall–Kier alpha value is -2.18. The van der Waals surface area contributed by atoms with Gasteiger partial charge >= 0.3 is 5.97 Å². The van der Waals surface area contributed by atoms with Crippen LogP contribution in [0.5, 0.6) is 0 Å². The number of carbonyl (C=O) groups excluding carboxylic acids is 2. The third-order valence-electron chi connectivity index (χ3n) is 12.8. The van der Waals surface area contributed by atoms with Crippen molar-refractivity contribution in [2.45, 2.75) is 302 Å². The normalized spacial score (nSPS) is 13.0. The van der Waals surface area contributed by atoms with Crippen LogP contribution in [0.2, 0.25) is 0 Å². The molecule has 0 saturated heterocycles. The van der Waals surface area contributed by atoms with Crippen LogP contribution >= 0.6 is 0 Å². The number of allylic oxidation sites excluding steroid dienone is 7. The average molecular weight is 913 g/mol. The lowest BCUT2D eigenvalue weighted by molar-refractivity contribution is -0.143. The summed E-state index contributed by atoms with van der Waals surface area (Å²) in [4.78, 5) is 24.5. The van der Waals surface area contributed by atoms with Gasteiger partial charge in [0, 0.05) is 12.8 Å². The Kier molecular flexibility index (Phi) is 52.6. The van der Waals surface area contributed by atoms with Gasteiger partial charge < -0.3 is 20.3 Å². The highest BCUT2D eigenvalue weighted by Gasteiger charge is 2.18. The van der Waals surface area contributed by atoms with Gasteiger partial charge in [-0.3, -0.25) is 9.59 Å². The molecule has 0 spiro atoms. The highest BCUT2D eigenvalue weighted by Crippen LogP contribution is 2.15. The van der Waals surface area contributed by atoms with Crippen molar-refractivity contribution in [3.63, 3.8) is 0 Å². The minimum Gasteiger partial charge on any atom is -0.466 e. The average Bonchev–Trinajstić information content (AvgIpc) is 3.31. The Bertz CT molecular complexity index is 1100. The van der Waals surface area contributed by atoms with Gasteiger partial charge in [0.1, 0.15) is 0 Å². The van der Waals surface area contributed by atoms with Crippen LogP contribution in [0.3, 0.4) is 0 Å². The van der Waals surface area contributed by atoms with Crippen molar-refractivity contribution >= 4 is 11.9 Å². The van der Waals surface area contributed by atoms with Gasteiger partial charge in [0.15, 0.2) is 0 Å². The monoisotopic (exact) mass is 912 g/mol. The van der Waals surface area contributed by atoms with Crippen molar-refractivity contribution in [1.82, 2.24) is 5.32 Å². The fourth-order valence-electron chi connectivity index (χ4n) is 8.42. The van der Waals surface area contributed by atoms with Crippen LogP contribution in [-0.2, 0) is 14.3 Å². The molecule has 0 aromatic carbocycles. The summed E-state index contributed by atoms with van der Waals surface area (Å²) in [5.74, 6) is -0.0796. The number of amides is 1. The smallest absolute Gasteiger partial charge is 0.305 e. The maximum absolute atomic E-state index is 12.4. The molecule has 0 heterocycles. The largest absolute Gasteiger partial charge is 0.466 e. The van der Waals surface area contributed by atoms with E-state index in [0.29, 0.717) is 19.4 Å². The Morgan fingerprint density at radius 2 is 0.769 bits per heavy atom. The Balaban J connectivity index is 3.42. The molecule has 2 unspecified atom stereocenters. The zero-order chi connectivity index (χ0) is 47.2. The molecule has 0 fully saturated rings. The first-order valence-electron chi connectivity index (χ1n) is 28.4. The van der Waals surface area contributed by atoms with Crippen LogP contribution in [0.25, 0.3) is 0 Å². The number of hydrogen-bond donors (Lipinski definition) is 3. The molecule has 2 atom stereocenters. The summed E-state index contributed by atoms with van der Waals surface area (Å²) in [6.07, 6.45) is 68.5. The highest BCUT2D eigenvalue weighted by molar-refractivity contribution is 5.76. The van der Waals surface area contributed by atoms with Gasteiger partial charge in [-0.1, -0.05) is 236 Å². The third kappa shape index (κ3) is 51.1. The zero-order valence-electron chi connectivity index (χ0n) is 43.2. The van der Waals surface area contributed by atoms with E-state index in [-0.39, 0.29) is 18.5 Å². The summed E-state index contributed by atoms with van der Waals surface area (Å²) in [5.41, 5.74) is 0. The fourth-order valence-corrected chi connectivity index (χ4v) is 8.42. The molecule has 6 nitrogen and oxygen atoms in total. The van der Waals surface area contributed by atoms with Gasteiger partial charge in [-0.15, -0.1) is 0 Å². The number of ether oxygens (including phenoxy) is 1. The summed E-state index contributed by atoms with van der Waals surface area (Å²) in [5, 5.41) is 23.0. The van der Waals surface area contributed by atoms with E-state index >= 15 is 0 Å². The second kappa shape index (κ2) is 54.4. The maximum atomic E-state index is 12.4. The summed E-state index contributed by atoms with van der Waals surface area (Å²) in [7, 11) is 0. The van der Waals surface area contributed by atoms with Gasteiger partial charge in [0.25, 0.3) is 0 Å². The zero-order valence-corrected chi connectivity index (χ0v) is 43.2. The lowest BCUT2D eigenvalue weighted by atomic mass is 10.0. The predicted octanol–water partition coefficient (Wildman–Crippen LogP) is 17.4. The minimum atomic E-state index is -0.848. The van der Waals surface area contributed by atoms with Crippen LogP contribution in [-0.4, -0.2) is 47.4 Å². The number of aliphatic hydroxyl groups is 2. The fraction of sp³-hybridized carbons (Fsp3) is 0.831. The van der Waals surface area contributed by atoms with E-state index in [0.717, 1.165) is 57.8 Å². The van der Waals surface area contributed by atoms with E-state index in [2.05, 4.69) is 55.6 Å². The second-order valence-corrected chi connectivity index (χ2v) is 19.3. The molecule has 0 aromatic heterocycles. The highest BCUT2D eigenvalue weighted by atomic mass is 16.5. The van der Waals surface area contributed by atoms with Crippen LogP contribution < -0.4 is 5.32 Å². The first-order valence-corrected chi connectivity index (χ1v) is 28.4. The van der Waals surface area contributed by atoms with Crippen LogP contribution in [0.1, 0.15) is 290 Å². The molecule has 380 valence electrons. The Labute approximate surface area is 404 Å². The number of unbranched alkanes of at least 4 members (excludes halogenated alkanes) is 35. The molecular weight excluding hydrogens is 803 g/mol. The molecule has 0 radical (unpaired) electrons. The minimum absolute atomic E-state index is 0.000964. The molecule has 6 heteroatoms. The second-order valence-electron chi connectivity index (χ2n) is 19.3. The summed E-state index contributed by atoms with van der Waals surface area (Å²) in [6.45, 7) is 4.84. The van der Waals surface area contributed by atoms with Crippen LogP contribution in [0, 0.1) is 0 Å². The molecule has 0 aliphatic carbocycles. The lowest BCUT2D eigenvalue weighted by Gasteiger charge is -2.20. The van der Waals surface area contributed by atoms with Crippen molar-refractivity contribution in [2.24, 2.45) is 0 Å². The number of esters is 1. The molecule has 0 aromatic rings. The standard InChI is InChI=1S/C59H109NO5/c1-3-5-7-9-11-13-15-16-17-23-27-30-33-37-41-45-49-53-59(64)65-54-50-46-42-38-34-31-28-25-22-20-18-19-21-24-26-29-32-36-40-44-48-52-58(63)60-56(55-61)57(62)51-47-43-39-35-14-12-10-8-6-4-2/h11,13,16-17,19,21,47,51,56-57,61-62H,3-10,12,14-15,18,20,22-46,48-50,52-55H2,1-2H3,(H,60,63)/b13-11-,17-16-,21-19-,51-47+. The molecule has 3 N–H and O–H groups in total. The van der Waals surface area contributed by atoms with E-state index in [1.165, 1.54) is 205 Å². The molecule has 0 aliphatic rings. The van der Waals surface area contributed by atoms with Crippen LogP contribution in [0.4, 0.5) is 0 Å². The van der Waals surface area contributed by atoms with E-state index in [1.807, 2.05) is 6.08 Å². The summed E-state index contributed by atoms with van der Waals surface area (Å²) < 4.78 is 5.48.